The van der Waals surface area contributed by atoms with Gasteiger partial charge in [0.15, 0.2) is 0 Å². The smallest absolute Gasteiger partial charge is 0.130 e. The molecular formula is C15H19BrF2. The topological polar surface area (TPSA) is 0 Å². The number of hydrogen-bond donors (Lipinski definition) is 0. The van der Waals surface area contributed by atoms with E-state index in [0.717, 1.165) is 18.9 Å². The average Bonchev–Trinajstić information content (AvgIpc) is 2.27. The number of rotatable bonds is 2. The molecule has 100 valence electrons. The van der Waals surface area contributed by atoms with Gasteiger partial charge in [0.1, 0.15) is 11.6 Å². The van der Waals surface area contributed by atoms with Gasteiger partial charge in [-0.3, -0.25) is 0 Å². The summed E-state index contributed by atoms with van der Waals surface area (Å²) in [5.74, 6) is -0.474. The standard InChI is InChI=1S/C15H19BrF2/c16-15(11-6-4-2-1-3-5-7-11)13-9-8-12(17)10-14(13)18/h8-11,15H,1-7H2. The largest absolute Gasteiger partial charge is 0.207 e. The second kappa shape index (κ2) is 6.65. The van der Waals surface area contributed by atoms with Gasteiger partial charge in [0, 0.05) is 16.5 Å². The molecule has 2 rings (SSSR count). The second-order valence-electron chi connectivity index (χ2n) is 5.17. The number of benzene rings is 1. The van der Waals surface area contributed by atoms with Crippen LogP contribution in [-0.4, -0.2) is 0 Å². The van der Waals surface area contributed by atoms with Crippen molar-refractivity contribution in [2.45, 2.75) is 49.8 Å². The summed E-state index contributed by atoms with van der Waals surface area (Å²) in [4.78, 5) is 0.0104. The van der Waals surface area contributed by atoms with Crippen LogP contribution in [0.2, 0.25) is 0 Å². The summed E-state index contributed by atoms with van der Waals surface area (Å²) in [5, 5.41) is 0. The lowest BCUT2D eigenvalue weighted by molar-refractivity contribution is 0.370. The van der Waals surface area contributed by atoms with E-state index in [1.165, 1.54) is 38.2 Å². The Kier molecular flexibility index (Phi) is 5.16. The normalized spacial score (nSPS) is 20.2. The molecule has 0 bridgehead atoms. The molecule has 1 atom stereocenters. The maximum atomic E-state index is 13.8. The quantitative estimate of drug-likeness (QED) is 0.608. The van der Waals surface area contributed by atoms with E-state index in [-0.39, 0.29) is 4.83 Å². The molecule has 1 saturated carbocycles. The van der Waals surface area contributed by atoms with Crippen LogP contribution in [0.15, 0.2) is 18.2 Å². The summed E-state index contributed by atoms with van der Waals surface area (Å²) in [6.45, 7) is 0. The van der Waals surface area contributed by atoms with Gasteiger partial charge >= 0.3 is 0 Å². The molecule has 0 amide bonds. The van der Waals surface area contributed by atoms with E-state index in [0.29, 0.717) is 11.5 Å². The highest BCUT2D eigenvalue weighted by Gasteiger charge is 2.23. The first-order valence-electron chi connectivity index (χ1n) is 6.77. The van der Waals surface area contributed by atoms with Gasteiger partial charge in [0.2, 0.25) is 0 Å². The zero-order valence-corrected chi connectivity index (χ0v) is 12.1. The van der Waals surface area contributed by atoms with E-state index < -0.39 is 11.6 Å². The molecule has 1 aromatic rings. The van der Waals surface area contributed by atoms with Crippen LogP contribution in [0.25, 0.3) is 0 Å². The Labute approximate surface area is 116 Å². The fraction of sp³-hybridized carbons (Fsp3) is 0.600. The third-order valence-corrected chi connectivity index (χ3v) is 5.06. The molecule has 1 aromatic carbocycles. The Hall–Kier alpha value is -0.440. The monoisotopic (exact) mass is 316 g/mol. The zero-order chi connectivity index (χ0) is 13.0. The molecular weight excluding hydrogens is 298 g/mol. The number of halogens is 3. The first kappa shape index (κ1) is 14.0. The lowest BCUT2D eigenvalue weighted by Crippen LogP contribution is -2.11. The van der Waals surface area contributed by atoms with Crippen molar-refractivity contribution < 1.29 is 8.78 Å². The van der Waals surface area contributed by atoms with E-state index in [4.69, 9.17) is 0 Å². The first-order valence-corrected chi connectivity index (χ1v) is 7.69. The Morgan fingerprint density at radius 1 is 1.00 bits per heavy atom. The van der Waals surface area contributed by atoms with Crippen LogP contribution in [0.4, 0.5) is 8.78 Å². The van der Waals surface area contributed by atoms with Crippen molar-refractivity contribution in [1.82, 2.24) is 0 Å². The van der Waals surface area contributed by atoms with Crippen molar-refractivity contribution in [2.75, 3.05) is 0 Å². The summed E-state index contributed by atoms with van der Waals surface area (Å²) in [6, 6.07) is 3.89. The minimum Gasteiger partial charge on any atom is -0.207 e. The van der Waals surface area contributed by atoms with Crippen LogP contribution in [-0.2, 0) is 0 Å². The zero-order valence-electron chi connectivity index (χ0n) is 10.5. The summed E-state index contributed by atoms with van der Waals surface area (Å²) in [6.07, 6.45) is 8.58. The molecule has 0 heterocycles. The van der Waals surface area contributed by atoms with Gasteiger partial charge in [-0.15, -0.1) is 0 Å². The summed E-state index contributed by atoms with van der Waals surface area (Å²) >= 11 is 3.62. The third-order valence-electron chi connectivity index (χ3n) is 3.82. The fourth-order valence-corrected chi connectivity index (χ4v) is 3.66. The molecule has 0 spiro atoms. The molecule has 1 unspecified atom stereocenters. The maximum absolute atomic E-state index is 13.8. The van der Waals surface area contributed by atoms with Gasteiger partial charge in [-0.25, -0.2) is 8.78 Å². The van der Waals surface area contributed by atoms with Crippen LogP contribution in [0, 0.1) is 17.6 Å². The minimum absolute atomic E-state index is 0.0104. The third kappa shape index (κ3) is 3.53. The molecule has 3 heteroatoms. The SMILES string of the molecule is Fc1ccc(C(Br)C2CCCCCCC2)c(F)c1. The van der Waals surface area contributed by atoms with Gasteiger partial charge < -0.3 is 0 Å². The van der Waals surface area contributed by atoms with Gasteiger partial charge in [0.05, 0.1) is 0 Å². The molecule has 0 N–H and O–H groups in total. The van der Waals surface area contributed by atoms with Crippen molar-refractivity contribution in [2.24, 2.45) is 5.92 Å². The first-order chi connectivity index (χ1) is 8.68. The Balaban J connectivity index is 2.10. The minimum atomic E-state index is -0.506. The molecule has 18 heavy (non-hydrogen) atoms. The van der Waals surface area contributed by atoms with Crippen LogP contribution >= 0.6 is 15.9 Å². The predicted octanol–water partition coefficient (Wildman–Crippen LogP) is 5.76. The van der Waals surface area contributed by atoms with E-state index in [1.807, 2.05) is 0 Å². The molecule has 0 aromatic heterocycles. The van der Waals surface area contributed by atoms with Crippen molar-refractivity contribution in [3.8, 4) is 0 Å². The van der Waals surface area contributed by atoms with Crippen LogP contribution in [0.5, 0.6) is 0 Å². The highest BCUT2D eigenvalue weighted by atomic mass is 79.9. The Morgan fingerprint density at radius 3 is 2.22 bits per heavy atom. The molecule has 1 aliphatic rings. The molecule has 1 fully saturated rings. The van der Waals surface area contributed by atoms with Crippen LogP contribution in [0.1, 0.15) is 55.3 Å². The second-order valence-corrected chi connectivity index (χ2v) is 6.16. The molecule has 0 nitrogen and oxygen atoms in total. The fourth-order valence-electron chi connectivity index (χ4n) is 2.76. The molecule has 0 saturated heterocycles. The van der Waals surface area contributed by atoms with Crippen molar-refractivity contribution in [3.63, 3.8) is 0 Å². The number of hydrogen-bond acceptors (Lipinski definition) is 0. The average molecular weight is 317 g/mol. The molecule has 0 radical (unpaired) electrons. The van der Waals surface area contributed by atoms with Gasteiger partial charge in [-0.05, 0) is 24.8 Å². The van der Waals surface area contributed by atoms with Crippen molar-refractivity contribution in [1.29, 1.82) is 0 Å². The highest BCUT2D eigenvalue weighted by molar-refractivity contribution is 9.09. The summed E-state index contributed by atoms with van der Waals surface area (Å²) in [5.41, 5.74) is 0.599. The number of alkyl halides is 1. The predicted molar refractivity (Wildman–Crippen MR) is 73.8 cm³/mol. The van der Waals surface area contributed by atoms with Gasteiger partial charge in [0.25, 0.3) is 0 Å². The highest BCUT2D eigenvalue weighted by Crippen LogP contribution is 2.39. The summed E-state index contributed by atoms with van der Waals surface area (Å²) in [7, 11) is 0. The van der Waals surface area contributed by atoms with Crippen LogP contribution < -0.4 is 0 Å². The summed E-state index contributed by atoms with van der Waals surface area (Å²) < 4.78 is 26.7. The Morgan fingerprint density at radius 2 is 1.61 bits per heavy atom. The van der Waals surface area contributed by atoms with Crippen molar-refractivity contribution in [3.05, 3.63) is 35.4 Å². The van der Waals surface area contributed by atoms with E-state index in [9.17, 15) is 8.78 Å². The van der Waals surface area contributed by atoms with Gasteiger partial charge in [-0.2, -0.15) is 0 Å². The Bertz CT molecular complexity index is 384. The van der Waals surface area contributed by atoms with E-state index in [1.54, 1.807) is 6.07 Å². The van der Waals surface area contributed by atoms with E-state index in [2.05, 4.69) is 15.9 Å². The lowest BCUT2D eigenvalue weighted by Gasteiger charge is -2.25. The molecule has 0 aliphatic heterocycles. The molecule has 1 aliphatic carbocycles. The lowest BCUT2D eigenvalue weighted by atomic mass is 9.86. The van der Waals surface area contributed by atoms with E-state index >= 15 is 0 Å². The van der Waals surface area contributed by atoms with Crippen LogP contribution in [0.3, 0.4) is 0 Å². The van der Waals surface area contributed by atoms with Crippen molar-refractivity contribution >= 4 is 15.9 Å². The maximum Gasteiger partial charge on any atom is 0.130 e. The van der Waals surface area contributed by atoms with Gasteiger partial charge in [-0.1, -0.05) is 54.1 Å².